The second-order valence-electron chi connectivity index (χ2n) is 5.15. The smallest absolute Gasteiger partial charge is 0.217 e. The summed E-state index contributed by atoms with van der Waals surface area (Å²) >= 11 is 1.58. The van der Waals surface area contributed by atoms with Crippen LogP contribution in [0.3, 0.4) is 0 Å². The summed E-state index contributed by atoms with van der Waals surface area (Å²) in [5, 5.41) is 9.02. The maximum absolute atomic E-state index is 10.9. The molecule has 5 nitrogen and oxygen atoms in total. The van der Waals surface area contributed by atoms with Gasteiger partial charge in [0.25, 0.3) is 0 Å². The summed E-state index contributed by atoms with van der Waals surface area (Å²) in [6.45, 7) is 4.77. The molecule has 0 radical (unpaired) electrons. The average Bonchev–Trinajstić information content (AvgIpc) is 2.94. The molecule has 0 unspecified atom stereocenters. The highest BCUT2D eigenvalue weighted by atomic mass is 32.1. The lowest BCUT2D eigenvalue weighted by Gasteiger charge is -2.10. The van der Waals surface area contributed by atoms with E-state index in [1.165, 1.54) is 6.92 Å². The molecular formula is C16H21N3O2S. The van der Waals surface area contributed by atoms with Crippen molar-refractivity contribution >= 4 is 22.4 Å². The van der Waals surface area contributed by atoms with Crippen LogP contribution >= 0.6 is 11.3 Å². The molecule has 2 rings (SSSR count). The molecule has 1 amide bonds. The number of thiazole rings is 1. The van der Waals surface area contributed by atoms with Crippen molar-refractivity contribution in [2.75, 3.05) is 19.0 Å². The maximum atomic E-state index is 10.9. The van der Waals surface area contributed by atoms with Crippen LogP contribution < -0.4 is 10.6 Å². The third-order valence-electron chi connectivity index (χ3n) is 3.08. The highest BCUT2D eigenvalue weighted by Gasteiger charge is 2.07. The molecule has 0 spiro atoms. The maximum Gasteiger partial charge on any atom is 0.217 e. The number of hydrogen-bond donors (Lipinski definition) is 2. The number of anilines is 1. The monoisotopic (exact) mass is 319 g/mol. The molecule has 1 aromatic heterocycles. The van der Waals surface area contributed by atoms with Gasteiger partial charge in [0.1, 0.15) is 0 Å². The van der Waals surface area contributed by atoms with Crippen LogP contribution in [-0.2, 0) is 16.1 Å². The normalized spacial score (nSPS) is 12.0. The lowest BCUT2D eigenvalue weighted by atomic mass is 10.1. The van der Waals surface area contributed by atoms with Crippen molar-refractivity contribution in [2.24, 2.45) is 0 Å². The first kappa shape index (κ1) is 16.5. The highest BCUT2D eigenvalue weighted by molar-refractivity contribution is 7.14. The molecule has 2 aromatic rings. The van der Waals surface area contributed by atoms with Crippen molar-refractivity contribution < 1.29 is 9.53 Å². The van der Waals surface area contributed by atoms with Gasteiger partial charge in [-0.25, -0.2) is 4.98 Å². The molecule has 0 aliphatic rings. The first-order valence-corrected chi connectivity index (χ1v) is 8.01. The molecule has 1 aromatic carbocycles. The van der Waals surface area contributed by atoms with Gasteiger partial charge in [-0.15, -0.1) is 11.3 Å². The molecule has 1 atom stereocenters. The number of nitrogens with zero attached hydrogens (tertiary/aromatic N) is 1. The fourth-order valence-electron chi connectivity index (χ4n) is 1.99. The summed E-state index contributed by atoms with van der Waals surface area (Å²) in [4.78, 5) is 15.5. The van der Waals surface area contributed by atoms with Crippen LogP contribution in [0.15, 0.2) is 29.6 Å². The Labute approximate surface area is 134 Å². The molecule has 0 fully saturated rings. The van der Waals surface area contributed by atoms with Crippen LogP contribution in [0, 0.1) is 0 Å². The summed E-state index contributed by atoms with van der Waals surface area (Å²) in [6, 6.07) is 8.28. The Bertz CT molecular complexity index is 610. The largest absolute Gasteiger partial charge is 0.383 e. The van der Waals surface area contributed by atoms with Crippen molar-refractivity contribution in [1.29, 1.82) is 0 Å². The molecule has 0 bridgehead atoms. The van der Waals surface area contributed by atoms with Gasteiger partial charge in [0.05, 0.1) is 12.3 Å². The van der Waals surface area contributed by atoms with Gasteiger partial charge in [0.2, 0.25) is 5.91 Å². The predicted octanol–water partition coefficient (Wildman–Crippen LogP) is 2.89. The third-order valence-corrected chi connectivity index (χ3v) is 3.86. The number of methoxy groups -OCH3 is 1. The summed E-state index contributed by atoms with van der Waals surface area (Å²) in [7, 11) is 1.69. The van der Waals surface area contributed by atoms with E-state index in [1.54, 1.807) is 18.4 Å². The number of amides is 1. The van der Waals surface area contributed by atoms with E-state index in [1.807, 2.05) is 29.6 Å². The summed E-state index contributed by atoms with van der Waals surface area (Å²) < 4.78 is 5.10. The number of benzene rings is 1. The summed E-state index contributed by atoms with van der Waals surface area (Å²) in [5.74, 6) is -0.0236. The highest BCUT2D eigenvalue weighted by Crippen LogP contribution is 2.25. The molecule has 22 heavy (non-hydrogen) atoms. The molecule has 0 aliphatic carbocycles. The minimum atomic E-state index is -0.0236. The Balaban J connectivity index is 1.99. The number of carbonyl (C=O) groups excluding carboxylic acids is 1. The Kier molecular flexibility index (Phi) is 5.91. The first-order chi connectivity index (χ1) is 10.6. The van der Waals surface area contributed by atoms with Crippen molar-refractivity contribution in [1.82, 2.24) is 10.3 Å². The second kappa shape index (κ2) is 7.91. The second-order valence-corrected chi connectivity index (χ2v) is 6.00. The lowest BCUT2D eigenvalue weighted by molar-refractivity contribution is -0.119. The van der Waals surface area contributed by atoms with Gasteiger partial charge < -0.3 is 15.4 Å². The van der Waals surface area contributed by atoms with Crippen molar-refractivity contribution in [3.63, 3.8) is 0 Å². The number of carbonyl (C=O) groups is 1. The molecule has 118 valence electrons. The fourth-order valence-corrected chi connectivity index (χ4v) is 2.83. The Morgan fingerprint density at radius 1 is 1.36 bits per heavy atom. The number of rotatable bonds is 7. The molecule has 0 aliphatic heterocycles. The Hall–Kier alpha value is -1.92. The minimum absolute atomic E-state index is 0.0236. The van der Waals surface area contributed by atoms with Gasteiger partial charge >= 0.3 is 0 Å². The number of nitrogens with one attached hydrogen (secondary N) is 2. The lowest BCUT2D eigenvalue weighted by Crippen LogP contribution is -2.20. The Morgan fingerprint density at radius 2 is 2.09 bits per heavy atom. The standard InChI is InChI=1S/C16H21N3O2S/c1-11(9-21-3)18-16-19-15(10-22-16)14-6-4-13(5-7-14)8-17-12(2)20/h4-7,10-11H,8-9H2,1-3H3,(H,17,20)(H,18,19)/t11-/m1/s1. The number of hydrogen-bond acceptors (Lipinski definition) is 5. The van der Waals surface area contributed by atoms with E-state index in [2.05, 4.69) is 22.5 Å². The molecule has 2 N–H and O–H groups in total. The van der Waals surface area contributed by atoms with Crippen LogP contribution in [0.25, 0.3) is 11.3 Å². The number of ether oxygens (including phenoxy) is 1. The zero-order valence-corrected chi connectivity index (χ0v) is 13.9. The van der Waals surface area contributed by atoms with Crippen LogP contribution in [-0.4, -0.2) is 30.6 Å². The van der Waals surface area contributed by atoms with Crippen LogP contribution in [0.5, 0.6) is 0 Å². The van der Waals surface area contributed by atoms with Crippen LogP contribution in [0.4, 0.5) is 5.13 Å². The van der Waals surface area contributed by atoms with Gasteiger partial charge in [0, 0.05) is 37.6 Å². The SMILES string of the molecule is COC[C@@H](C)Nc1nc(-c2ccc(CNC(C)=O)cc2)cs1. The van der Waals surface area contributed by atoms with E-state index in [4.69, 9.17) is 4.74 Å². The minimum Gasteiger partial charge on any atom is -0.383 e. The Morgan fingerprint density at radius 3 is 2.73 bits per heavy atom. The summed E-state index contributed by atoms with van der Waals surface area (Å²) in [5.41, 5.74) is 3.08. The van der Waals surface area contributed by atoms with Gasteiger partial charge in [-0.1, -0.05) is 24.3 Å². The van der Waals surface area contributed by atoms with Crippen molar-refractivity contribution in [3.05, 3.63) is 35.2 Å². The quantitative estimate of drug-likeness (QED) is 0.824. The van der Waals surface area contributed by atoms with Gasteiger partial charge in [-0.05, 0) is 12.5 Å². The zero-order chi connectivity index (χ0) is 15.9. The van der Waals surface area contributed by atoms with Crippen molar-refractivity contribution in [2.45, 2.75) is 26.4 Å². The van der Waals surface area contributed by atoms with Crippen LogP contribution in [0.2, 0.25) is 0 Å². The van der Waals surface area contributed by atoms with E-state index in [-0.39, 0.29) is 11.9 Å². The summed E-state index contributed by atoms with van der Waals surface area (Å²) in [6.07, 6.45) is 0. The van der Waals surface area contributed by atoms with E-state index in [0.29, 0.717) is 13.2 Å². The van der Waals surface area contributed by atoms with Gasteiger partial charge in [-0.3, -0.25) is 4.79 Å². The van der Waals surface area contributed by atoms with E-state index in [0.717, 1.165) is 22.0 Å². The molecular weight excluding hydrogens is 298 g/mol. The molecule has 1 heterocycles. The molecule has 0 saturated carbocycles. The van der Waals surface area contributed by atoms with Crippen molar-refractivity contribution in [3.8, 4) is 11.3 Å². The first-order valence-electron chi connectivity index (χ1n) is 7.13. The van der Waals surface area contributed by atoms with Crippen LogP contribution in [0.1, 0.15) is 19.4 Å². The van der Waals surface area contributed by atoms with E-state index >= 15 is 0 Å². The predicted molar refractivity (Wildman–Crippen MR) is 90.0 cm³/mol. The number of aromatic nitrogens is 1. The van der Waals surface area contributed by atoms with Gasteiger partial charge in [0.15, 0.2) is 5.13 Å². The fraction of sp³-hybridized carbons (Fsp3) is 0.375. The van der Waals surface area contributed by atoms with Gasteiger partial charge in [-0.2, -0.15) is 0 Å². The van der Waals surface area contributed by atoms with E-state index in [9.17, 15) is 4.79 Å². The zero-order valence-electron chi connectivity index (χ0n) is 13.1. The molecule has 6 heteroatoms. The third kappa shape index (κ3) is 4.82. The topological polar surface area (TPSA) is 63.2 Å². The molecule has 0 saturated heterocycles. The van der Waals surface area contributed by atoms with E-state index < -0.39 is 0 Å². The average molecular weight is 319 g/mol.